The number of ether oxygens (including phenoxy) is 1. The van der Waals surface area contributed by atoms with E-state index in [1.807, 2.05) is 0 Å². The Morgan fingerprint density at radius 2 is 1.83 bits per heavy atom. The number of halogens is 5. The Morgan fingerprint density at radius 1 is 1.13 bits per heavy atom. The molecule has 0 aliphatic rings. The van der Waals surface area contributed by atoms with E-state index in [9.17, 15) is 22.0 Å². The molecule has 1 aromatic carbocycles. The van der Waals surface area contributed by atoms with Gasteiger partial charge < -0.3 is 9.84 Å². The lowest BCUT2D eigenvalue weighted by atomic mass is 10.0. The van der Waals surface area contributed by atoms with E-state index in [0.29, 0.717) is 34.6 Å². The molecule has 160 valence electrons. The monoisotopic (exact) mass is 443 g/mol. The summed E-state index contributed by atoms with van der Waals surface area (Å²) in [6.07, 6.45) is -2.60. The zero-order valence-corrected chi connectivity index (χ0v) is 16.7. The highest BCUT2D eigenvalue weighted by molar-refractivity contribution is 7.10. The smallest absolute Gasteiger partial charge is 0.426 e. The second kappa shape index (κ2) is 9.09. The average Bonchev–Trinajstić information content (AvgIpc) is 3.10. The molecule has 30 heavy (non-hydrogen) atoms. The van der Waals surface area contributed by atoms with Crippen LogP contribution in [0.15, 0.2) is 35.8 Å². The van der Waals surface area contributed by atoms with E-state index in [1.54, 1.807) is 19.1 Å². The summed E-state index contributed by atoms with van der Waals surface area (Å²) in [6.45, 7) is 0.959. The Balaban J connectivity index is 1.93. The number of nitrogens with zero attached hydrogens (tertiary/aromatic N) is 1. The fraction of sp³-hybridized carbons (Fsp3) is 0.286. The molecule has 0 amide bonds. The van der Waals surface area contributed by atoms with Gasteiger partial charge in [-0.05, 0) is 48.9 Å². The van der Waals surface area contributed by atoms with Gasteiger partial charge in [0.25, 0.3) is 0 Å². The van der Waals surface area contributed by atoms with Crippen molar-refractivity contribution < 1.29 is 31.8 Å². The van der Waals surface area contributed by atoms with Gasteiger partial charge in [-0.15, -0.1) is 11.3 Å². The van der Waals surface area contributed by atoms with Crippen LogP contribution in [0.1, 0.15) is 28.1 Å². The number of pyridine rings is 1. The summed E-state index contributed by atoms with van der Waals surface area (Å²) in [7, 11) is 0. The summed E-state index contributed by atoms with van der Waals surface area (Å²) in [5, 5.41) is 10.2. The number of thiophene rings is 1. The summed E-state index contributed by atoms with van der Waals surface area (Å²) >= 11 is 0.493. The molecule has 9 heteroatoms. The van der Waals surface area contributed by atoms with E-state index >= 15 is 0 Å². The Hall–Kier alpha value is -2.52. The highest BCUT2D eigenvalue weighted by atomic mass is 32.1. The van der Waals surface area contributed by atoms with E-state index in [4.69, 9.17) is 9.84 Å². The molecule has 2 aromatic heterocycles. The maximum Gasteiger partial charge on any atom is 0.426 e. The SMILES string of the molecule is Cc1ccc(-c2csc(C(F)(F)F)c2COc2c(F)cc(CCCO)cc2F)cn1. The molecular weight excluding hydrogens is 425 g/mol. The first kappa shape index (κ1) is 22.2. The van der Waals surface area contributed by atoms with Crippen molar-refractivity contribution in [1.82, 2.24) is 4.98 Å². The largest absolute Gasteiger partial charge is 0.483 e. The third-order valence-corrected chi connectivity index (χ3v) is 5.48. The molecule has 0 bridgehead atoms. The Labute approximate surface area is 173 Å². The molecule has 0 saturated carbocycles. The van der Waals surface area contributed by atoms with E-state index < -0.39 is 35.0 Å². The lowest BCUT2D eigenvalue weighted by Gasteiger charge is -2.14. The minimum Gasteiger partial charge on any atom is -0.483 e. The average molecular weight is 443 g/mol. The summed E-state index contributed by atoms with van der Waals surface area (Å²) < 4.78 is 74.2. The zero-order valence-electron chi connectivity index (χ0n) is 15.9. The molecule has 0 saturated heterocycles. The maximum absolute atomic E-state index is 14.3. The van der Waals surface area contributed by atoms with Crippen molar-refractivity contribution in [3.05, 3.63) is 69.2 Å². The molecular formula is C21H18F5NO2S. The molecule has 0 radical (unpaired) electrons. The van der Waals surface area contributed by atoms with Gasteiger partial charge in [-0.25, -0.2) is 8.78 Å². The standard InChI is InChI=1S/C21H18F5NO2S/c1-12-4-5-14(9-27-12)16-11-30-20(21(24,25)26)15(16)10-29-19-17(22)7-13(3-2-6-28)8-18(19)23/h4-5,7-9,11,28H,2-3,6,10H2,1H3. The van der Waals surface area contributed by atoms with Crippen LogP contribution in [0.4, 0.5) is 22.0 Å². The van der Waals surface area contributed by atoms with Crippen LogP contribution in [0.25, 0.3) is 11.1 Å². The predicted octanol–water partition coefficient (Wildman–Crippen LogP) is 5.92. The first-order valence-electron chi connectivity index (χ1n) is 9.03. The lowest BCUT2D eigenvalue weighted by Crippen LogP contribution is -2.09. The van der Waals surface area contributed by atoms with E-state index in [2.05, 4.69) is 4.98 Å². The summed E-state index contributed by atoms with van der Waals surface area (Å²) in [4.78, 5) is 3.20. The van der Waals surface area contributed by atoms with Crippen molar-refractivity contribution in [2.24, 2.45) is 0 Å². The van der Waals surface area contributed by atoms with E-state index in [-0.39, 0.29) is 24.2 Å². The minimum atomic E-state index is -4.63. The quantitative estimate of drug-likeness (QED) is 0.461. The number of aromatic nitrogens is 1. The van der Waals surface area contributed by atoms with Gasteiger partial charge in [0.05, 0.1) is 0 Å². The van der Waals surface area contributed by atoms with Crippen LogP contribution >= 0.6 is 11.3 Å². The summed E-state index contributed by atoms with van der Waals surface area (Å²) in [6, 6.07) is 5.40. The Bertz CT molecular complexity index is 992. The molecule has 3 nitrogen and oxygen atoms in total. The number of hydrogen-bond acceptors (Lipinski definition) is 4. The van der Waals surface area contributed by atoms with Crippen molar-refractivity contribution in [2.45, 2.75) is 32.5 Å². The molecule has 0 spiro atoms. The number of aliphatic hydroxyl groups is 1. The van der Waals surface area contributed by atoms with Gasteiger partial charge in [0.1, 0.15) is 11.5 Å². The van der Waals surface area contributed by atoms with Gasteiger partial charge in [-0.3, -0.25) is 4.98 Å². The highest BCUT2D eigenvalue weighted by Crippen LogP contribution is 2.42. The third kappa shape index (κ3) is 4.96. The van der Waals surface area contributed by atoms with Gasteiger partial charge in [0.2, 0.25) is 0 Å². The van der Waals surface area contributed by atoms with Crippen molar-refractivity contribution >= 4 is 11.3 Å². The van der Waals surface area contributed by atoms with Crippen LogP contribution in [-0.4, -0.2) is 16.7 Å². The second-order valence-electron chi connectivity index (χ2n) is 6.65. The molecule has 3 aromatic rings. The molecule has 3 rings (SSSR count). The Kier molecular flexibility index (Phi) is 6.72. The van der Waals surface area contributed by atoms with E-state index in [1.165, 1.54) is 11.6 Å². The molecule has 0 fully saturated rings. The summed E-state index contributed by atoms with van der Waals surface area (Å²) in [5.74, 6) is -2.76. The third-order valence-electron chi connectivity index (χ3n) is 4.42. The van der Waals surface area contributed by atoms with Crippen LogP contribution < -0.4 is 4.74 Å². The number of benzene rings is 1. The normalized spacial score (nSPS) is 11.7. The first-order chi connectivity index (χ1) is 14.2. The van der Waals surface area contributed by atoms with Gasteiger partial charge in [-0.2, -0.15) is 13.2 Å². The number of alkyl halides is 3. The molecule has 2 heterocycles. The first-order valence-corrected chi connectivity index (χ1v) is 9.91. The Morgan fingerprint density at radius 3 is 2.40 bits per heavy atom. The van der Waals surface area contributed by atoms with Crippen LogP contribution in [0, 0.1) is 18.6 Å². The van der Waals surface area contributed by atoms with Crippen molar-refractivity contribution in [3.8, 4) is 16.9 Å². The van der Waals surface area contributed by atoms with Crippen LogP contribution in [-0.2, 0) is 19.2 Å². The van der Waals surface area contributed by atoms with Gasteiger partial charge in [0.15, 0.2) is 17.4 Å². The van der Waals surface area contributed by atoms with Crippen LogP contribution in [0.3, 0.4) is 0 Å². The highest BCUT2D eigenvalue weighted by Gasteiger charge is 2.37. The fourth-order valence-corrected chi connectivity index (χ4v) is 3.91. The number of rotatable bonds is 7. The van der Waals surface area contributed by atoms with Crippen LogP contribution in [0.2, 0.25) is 0 Å². The van der Waals surface area contributed by atoms with Crippen molar-refractivity contribution in [1.29, 1.82) is 0 Å². The topological polar surface area (TPSA) is 42.4 Å². The second-order valence-corrected chi connectivity index (χ2v) is 7.53. The predicted molar refractivity (Wildman–Crippen MR) is 103 cm³/mol. The molecule has 0 aliphatic heterocycles. The van der Waals surface area contributed by atoms with Crippen molar-refractivity contribution in [2.75, 3.05) is 6.61 Å². The van der Waals surface area contributed by atoms with E-state index in [0.717, 1.165) is 12.1 Å². The van der Waals surface area contributed by atoms with Gasteiger partial charge >= 0.3 is 6.18 Å². The maximum atomic E-state index is 14.3. The van der Waals surface area contributed by atoms with Gasteiger partial charge in [-0.1, -0.05) is 6.07 Å². The fourth-order valence-electron chi connectivity index (χ4n) is 2.96. The minimum absolute atomic E-state index is 0.128. The number of aryl methyl sites for hydroxylation is 2. The number of aliphatic hydroxyl groups excluding tert-OH is 1. The van der Waals surface area contributed by atoms with Crippen LogP contribution in [0.5, 0.6) is 5.75 Å². The number of hydrogen-bond donors (Lipinski definition) is 1. The zero-order chi connectivity index (χ0) is 21.9. The molecule has 1 N–H and O–H groups in total. The molecule has 0 aliphatic carbocycles. The van der Waals surface area contributed by atoms with Gasteiger partial charge in [0, 0.05) is 35.2 Å². The van der Waals surface area contributed by atoms with Crippen molar-refractivity contribution in [3.63, 3.8) is 0 Å². The molecule has 0 unspecified atom stereocenters. The summed E-state index contributed by atoms with van der Waals surface area (Å²) in [5.41, 5.74) is 1.52. The lowest BCUT2D eigenvalue weighted by molar-refractivity contribution is -0.135. The molecule has 0 atom stereocenters.